The van der Waals surface area contributed by atoms with Crippen molar-refractivity contribution >= 4 is 39.2 Å². The molecule has 259 valence electrons. The molecule has 0 bridgehead atoms. The van der Waals surface area contributed by atoms with Gasteiger partial charge in [-0.15, -0.1) is 0 Å². The first-order valence-corrected chi connectivity index (χ1v) is 15.5. The van der Waals surface area contributed by atoms with Crippen LogP contribution in [0.3, 0.4) is 0 Å². The first kappa shape index (κ1) is 42.1. The molecular formula is C42H38EuN2O6. The summed E-state index contributed by atoms with van der Waals surface area (Å²) in [6.07, 6.45) is 7.22. The molecule has 0 unspecified atom stereocenters. The van der Waals surface area contributed by atoms with E-state index in [1.165, 1.54) is 39.0 Å². The van der Waals surface area contributed by atoms with Gasteiger partial charge in [-0.3, -0.25) is 24.4 Å². The van der Waals surface area contributed by atoms with Crippen LogP contribution in [0.5, 0.6) is 0 Å². The molecule has 1 radical (unpaired) electrons. The number of hydrogen-bond donors (Lipinski definition) is 3. The number of aromatic nitrogens is 2. The Morgan fingerprint density at radius 2 is 0.706 bits per heavy atom. The molecule has 51 heavy (non-hydrogen) atoms. The van der Waals surface area contributed by atoms with E-state index in [0.29, 0.717) is 16.7 Å². The number of carbonyl (C=O) groups is 3. The smallest absolute Gasteiger partial charge is 0.189 e. The van der Waals surface area contributed by atoms with Crippen molar-refractivity contribution in [1.82, 2.24) is 9.97 Å². The number of aliphatic hydroxyl groups excluding tert-OH is 3. The minimum atomic E-state index is -0.171. The van der Waals surface area contributed by atoms with Crippen LogP contribution in [0.25, 0.3) is 21.8 Å². The standard InChI is InChI=1S/C12H8N2.3C10H10O2.Eu/c1-3-9-5-6-10-4-2-8-14-12(10)11(9)13-7-1;3*1-8(11)7-10(12)9-5-3-2-4-6-9;/h1-8H;3*2-7,11H,1H3;/b;2*8-7+;8-7-;. The molecular weight excluding hydrogens is 780 g/mol. The number of allylic oxidation sites excluding steroid dienone is 6. The van der Waals surface area contributed by atoms with Crippen LogP contribution >= 0.6 is 0 Å². The number of ketones is 3. The van der Waals surface area contributed by atoms with Crippen molar-refractivity contribution in [3.05, 3.63) is 192 Å². The quantitative estimate of drug-likeness (QED) is 0.0654. The maximum Gasteiger partial charge on any atom is 0.189 e. The fraction of sp³-hybridized carbons (Fsp3) is 0.0714. The summed E-state index contributed by atoms with van der Waals surface area (Å²) in [6.45, 7) is 4.42. The van der Waals surface area contributed by atoms with Gasteiger partial charge in [-0.1, -0.05) is 115 Å². The molecule has 0 aliphatic carbocycles. The fourth-order valence-corrected chi connectivity index (χ4v) is 4.31. The van der Waals surface area contributed by atoms with Gasteiger partial charge in [0.15, 0.2) is 17.3 Å². The molecule has 0 aliphatic rings. The van der Waals surface area contributed by atoms with Crippen LogP contribution in [-0.2, 0) is 0 Å². The van der Waals surface area contributed by atoms with Gasteiger partial charge in [0.05, 0.1) is 28.3 Å². The number of nitrogens with zero attached hydrogens (tertiary/aromatic N) is 2. The Morgan fingerprint density at radius 1 is 0.431 bits per heavy atom. The molecule has 9 heteroatoms. The molecule has 0 saturated heterocycles. The van der Waals surface area contributed by atoms with Crippen molar-refractivity contribution in [2.45, 2.75) is 20.8 Å². The van der Waals surface area contributed by atoms with E-state index in [1.807, 2.05) is 30.3 Å². The van der Waals surface area contributed by atoms with Crippen molar-refractivity contribution in [2.24, 2.45) is 0 Å². The summed E-state index contributed by atoms with van der Waals surface area (Å²) in [6, 6.07) is 38.6. The summed E-state index contributed by atoms with van der Waals surface area (Å²) in [5, 5.41) is 28.7. The average molecular weight is 819 g/mol. The second kappa shape index (κ2) is 22.6. The topological polar surface area (TPSA) is 138 Å². The molecule has 4 aromatic carbocycles. The normalized spacial score (nSPS) is 10.9. The van der Waals surface area contributed by atoms with Gasteiger partial charge in [0.1, 0.15) is 0 Å². The Labute approximate surface area is 338 Å². The number of hydrogen-bond acceptors (Lipinski definition) is 8. The molecule has 6 rings (SSSR count). The maximum absolute atomic E-state index is 11.2. The zero-order chi connectivity index (χ0) is 36.3. The molecule has 3 N–H and O–H groups in total. The summed E-state index contributed by atoms with van der Waals surface area (Å²) in [5.41, 5.74) is 3.72. The maximum atomic E-state index is 11.2. The first-order chi connectivity index (χ1) is 24.0. The summed E-state index contributed by atoms with van der Waals surface area (Å²) < 4.78 is 0. The number of rotatable bonds is 6. The second-order valence-electron chi connectivity index (χ2n) is 10.8. The third kappa shape index (κ3) is 15.1. The van der Waals surface area contributed by atoms with Crippen LogP contribution in [0.1, 0.15) is 51.8 Å². The van der Waals surface area contributed by atoms with E-state index in [0.717, 1.165) is 21.8 Å². The Kier molecular flexibility index (Phi) is 18.6. The van der Waals surface area contributed by atoms with Crippen molar-refractivity contribution < 1.29 is 79.1 Å². The first-order valence-electron chi connectivity index (χ1n) is 15.5. The largest absolute Gasteiger partial charge is 0.512 e. The van der Waals surface area contributed by atoms with Crippen LogP contribution in [0.15, 0.2) is 175 Å². The van der Waals surface area contributed by atoms with Gasteiger partial charge < -0.3 is 15.3 Å². The van der Waals surface area contributed by atoms with Gasteiger partial charge >= 0.3 is 0 Å². The monoisotopic (exact) mass is 819 g/mol. The van der Waals surface area contributed by atoms with Crippen LogP contribution in [0, 0.1) is 49.4 Å². The summed E-state index contributed by atoms with van der Waals surface area (Å²) >= 11 is 0. The van der Waals surface area contributed by atoms with Crippen molar-refractivity contribution in [3.8, 4) is 0 Å². The van der Waals surface area contributed by atoms with Crippen molar-refractivity contribution in [2.75, 3.05) is 0 Å². The zero-order valence-corrected chi connectivity index (χ0v) is 30.8. The summed E-state index contributed by atoms with van der Waals surface area (Å²) in [5.74, 6) is -0.418. The number of aliphatic hydroxyl groups is 3. The van der Waals surface area contributed by atoms with Gasteiger partial charge in [-0.25, -0.2) is 0 Å². The van der Waals surface area contributed by atoms with Crippen LogP contribution in [-0.4, -0.2) is 42.6 Å². The fourth-order valence-electron chi connectivity index (χ4n) is 4.31. The van der Waals surface area contributed by atoms with Crippen LogP contribution in [0.2, 0.25) is 0 Å². The number of pyridine rings is 2. The summed E-state index contributed by atoms with van der Waals surface area (Å²) in [4.78, 5) is 42.3. The molecule has 0 amide bonds. The van der Waals surface area contributed by atoms with Gasteiger partial charge in [-0.2, -0.15) is 0 Å². The predicted octanol–water partition coefficient (Wildman–Crippen LogP) is 9.78. The van der Waals surface area contributed by atoms with Gasteiger partial charge in [0, 0.05) is 107 Å². The minimum absolute atomic E-state index is 0. The van der Waals surface area contributed by atoms with Gasteiger partial charge in [0.2, 0.25) is 0 Å². The van der Waals surface area contributed by atoms with E-state index in [-0.39, 0.29) is 84.0 Å². The molecule has 8 nitrogen and oxygen atoms in total. The number of carbonyl (C=O) groups excluding carboxylic acids is 3. The third-order valence-corrected chi connectivity index (χ3v) is 6.54. The Hall–Kier alpha value is -5.09. The van der Waals surface area contributed by atoms with Crippen LogP contribution < -0.4 is 0 Å². The van der Waals surface area contributed by atoms with Crippen LogP contribution in [0.4, 0.5) is 0 Å². The van der Waals surface area contributed by atoms with E-state index in [1.54, 1.807) is 85.2 Å². The SMILES string of the molecule is C/C(O)=C/C(=O)c1ccccc1.C/C(O)=C\C(=O)c1ccccc1.C/C(O)=C\C(=O)c1ccccc1.[Eu].c1cnc2c(c1)ccc1cccnc12. The molecule has 0 aliphatic heterocycles. The molecule has 0 atom stereocenters. The Balaban J connectivity index is 0.000000235. The second-order valence-corrected chi connectivity index (χ2v) is 10.8. The van der Waals surface area contributed by atoms with Gasteiger partial charge in [0.25, 0.3) is 0 Å². The Bertz CT molecular complexity index is 1890. The summed E-state index contributed by atoms with van der Waals surface area (Å²) in [7, 11) is 0. The third-order valence-electron chi connectivity index (χ3n) is 6.54. The molecule has 2 aromatic heterocycles. The molecule has 0 saturated carbocycles. The zero-order valence-electron chi connectivity index (χ0n) is 28.3. The molecule has 6 aromatic rings. The molecule has 0 spiro atoms. The van der Waals surface area contributed by atoms with Crippen molar-refractivity contribution in [1.29, 1.82) is 0 Å². The predicted molar refractivity (Wildman–Crippen MR) is 199 cm³/mol. The number of benzene rings is 4. The van der Waals surface area contributed by atoms with Gasteiger partial charge in [-0.05, 0) is 32.9 Å². The molecule has 2 heterocycles. The minimum Gasteiger partial charge on any atom is -0.512 e. The number of fused-ring (bicyclic) bond motifs is 3. The Morgan fingerprint density at radius 3 is 0.961 bits per heavy atom. The van der Waals surface area contributed by atoms with E-state index in [4.69, 9.17) is 15.3 Å². The van der Waals surface area contributed by atoms with E-state index in [2.05, 4.69) is 34.2 Å². The van der Waals surface area contributed by atoms with E-state index in [9.17, 15) is 14.4 Å². The van der Waals surface area contributed by atoms with Crippen molar-refractivity contribution in [3.63, 3.8) is 0 Å². The van der Waals surface area contributed by atoms with E-state index >= 15 is 0 Å². The average Bonchev–Trinajstić information content (AvgIpc) is 3.13. The van der Waals surface area contributed by atoms with E-state index < -0.39 is 0 Å². The molecule has 0 fully saturated rings.